The first kappa shape index (κ1) is 12.8. The van der Waals surface area contributed by atoms with E-state index in [1.54, 1.807) is 0 Å². The number of unbranched alkanes of at least 4 members (excludes halogenated alkanes) is 1. The summed E-state index contributed by atoms with van der Waals surface area (Å²) >= 11 is 0. The van der Waals surface area contributed by atoms with Crippen LogP contribution in [0.3, 0.4) is 0 Å². The summed E-state index contributed by atoms with van der Waals surface area (Å²) in [7, 11) is 0. The summed E-state index contributed by atoms with van der Waals surface area (Å²) in [4.78, 5) is 11.6. The van der Waals surface area contributed by atoms with Gasteiger partial charge in [0.05, 0.1) is 6.61 Å². The molecule has 0 heterocycles. The lowest BCUT2D eigenvalue weighted by atomic mass is 9.94. The minimum absolute atomic E-state index is 0.266. The number of hydrogen-bond donors (Lipinski definition) is 2. The fourth-order valence-corrected chi connectivity index (χ4v) is 2.22. The Bertz CT molecular complexity index is 274. The van der Waals surface area contributed by atoms with Crippen molar-refractivity contribution in [1.82, 2.24) is 5.32 Å². The van der Waals surface area contributed by atoms with Gasteiger partial charge in [0.15, 0.2) is 0 Å². The zero-order valence-electron chi connectivity index (χ0n) is 10.6. The number of nitrogens with one attached hydrogen (secondary N) is 1. The predicted octanol–water partition coefficient (Wildman–Crippen LogP) is 1.79. The molecule has 98 valence electrons. The van der Waals surface area contributed by atoms with Gasteiger partial charge >= 0.3 is 5.97 Å². The molecule has 17 heavy (non-hydrogen) atoms. The van der Waals surface area contributed by atoms with Crippen LogP contribution in [0.25, 0.3) is 0 Å². The molecule has 2 aliphatic carbocycles. The maximum Gasteiger partial charge on any atom is 0.326 e. The van der Waals surface area contributed by atoms with Gasteiger partial charge in [-0.1, -0.05) is 13.3 Å². The minimum atomic E-state index is -0.811. The van der Waals surface area contributed by atoms with E-state index in [0.717, 1.165) is 38.5 Å². The Balaban J connectivity index is 1.91. The molecule has 0 spiro atoms. The van der Waals surface area contributed by atoms with E-state index in [1.165, 1.54) is 0 Å². The molecule has 1 unspecified atom stereocenters. The van der Waals surface area contributed by atoms with Crippen LogP contribution < -0.4 is 5.32 Å². The molecule has 2 aliphatic rings. The molecule has 0 bridgehead atoms. The zero-order valence-corrected chi connectivity index (χ0v) is 10.6. The summed E-state index contributed by atoms with van der Waals surface area (Å²) in [6.45, 7) is 3.10. The fraction of sp³-hybridized carbons (Fsp3) is 0.923. The van der Waals surface area contributed by atoms with Gasteiger partial charge in [0.25, 0.3) is 0 Å². The van der Waals surface area contributed by atoms with Crippen molar-refractivity contribution < 1.29 is 14.6 Å². The topological polar surface area (TPSA) is 58.6 Å². The lowest BCUT2D eigenvalue weighted by Gasteiger charge is -2.30. The predicted molar refractivity (Wildman–Crippen MR) is 65.0 cm³/mol. The molecule has 0 amide bonds. The van der Waals surface area contributed by atoms with Crippen molar-refractivity contribution in [2.45, 2.75) is 57.0 Å². The second-order valence-corrected chi connectivity index (χ2v) is 5.38. The molecule has 0 aromatic heterocycles. The van der Waals surface area contributed by atoms with Crippen molar-refractivity contribution in [3.63, 3.8) is 0 Å². The van der Waals surface area contributed by atoms with Crippen LogP contribution in [0.5, 0.6) is 0 Å². The summed E-state index contributed by atoms with van der Waals surface area (Å²) in [6, 6.07) is 0.404. The molecule has 2 rings (SSSR count). The van der Waals surface area contributed by atoms with Crippen LogP contribution in [0.1, 0.15) is 45.4 Å². The largest absolute Gasteiger partial charge is 0.480 e. The Morgan fingerprint density at radius 2 is 2.12 bits per heavy atom. The SMILES string of the molecule is CCCCOCC(NC1CC1)(C(=O)O)C1CC1. The van der Waals surface area contributed by atoms with Gasteiger partial charge in [0.1, 0.15) is 5.54 Å². The summed E-state index contributed by atoms with van der Waals surface area (Å²) < 4.78 is 5.59. The van der Waals surface area contributed by atoms with E-state index in [1.807, 2.05) is 0 Å². The van der Waals surface area contributed by atoms with Gasteiger partial charge in [-0.05, 0) is 38.0 Å². The van der Waals surface area contributed by atoms with Crippen molar-refractivity contribution >= 4 is 5.97 Å². The molecular formula is C13H23NO3. The van der Waals surface area contributed by atoms with Crippen LogP contribution in [0.15, 0.2) is 0 Å². The smallest absolute Gasteiger partial charge is 0.326 e. The van der Waals surface area contributed by atoms with Crippen molar-refractivity contribution in [3.8, 4) is 0 Å². The van der Waals surface area contributed by atoms with Crippen molar-refractivity contribution in [1.29, 1.82) is 0 Å². The van der Waals surface area contributed by atoms with Gasteiger partial charge in [-0.2, -0.15) is 0 Å². The van der Waals surface area contributed by atoms with Crippen molar-refractivity contribution in [2.24, 2.45) is 5.92 Å². The monoisotopic (exact) mass is 241 g/mol. The summed E-state index contributed by atoms with van der Waals surface area (Å²) in [6.07, 6.45) is 6.34. The molecule has 4 nitrogen and oxygen atoms in total. The average molecular weight is 241 g/mol. The summed E-state index contributed by atoms with van der Waals surface area (Å²) in [5.74, 6) is -0.467. The molecule has 2 fully saturated rings. The number of rotatable bonds is 9. The first-order chi connectivity index (χ1) is 8.19. The molecule has 4 heteroatoms. The van der Waals surface area contributed by atoms with Gasteiger partial charge in [-0.25, -0.2) is 0 Å². The van der Waals surface area contributed by atoms with E-state index in [9.17, 15) is 9.90 Å². The Labute approximate surface area is 103 Å². The minimum Gasteiger partial charge on any atom is -0.480 e. The first-order valence-electron chi connectivity index (χ1n) is 6.78. The van der Waals surface area contributed by atoms with Gasteiger partial charge in [-0.3, -0.25) is 10.1 Å². The molecule has 0 radical (unpaired) electrons. The highest BCUT2D eigenvalue weighted by atomic mass is 16.5. The molecule has 0 aliphatic heterocycles. The van der Waals surface area contributed by atoms with Crippen LogP contribution in [-0.2, 0) is 9.53 Å². The lowest BCUT2D eigenvalue weighted by Crippen LogP contribution is -2.58. The van der Waals surface area contributed by atoms with Crippen LogP contribution >= 0.6 is 0 Å². The second-order valence-electron chi connectivity index (χ2n) is 5.38. The number of aliphatic carboxylic acids is 1. The highest BCUT2D eigenvalue weighted by Gasteiger charge is 2.53. The van der Waals surface area contributed by atoms with Gasteiger partial charge in [0.2, 0.25) is 0 Å². The van der Waals surface area contributed by atoms with E-state index >= 15 is 0 Å². The van der Waals surface area contributed by atoms with Crippen molar-refractivity contribution in [2.75, 3.05) is 13.2 Å². The number of carboxylic acids is 1. The van der Waals surface area contributed by atoms with E-state index in [-0.39, 0.29) is 5.92 Å². The van der Waals surface area contributed by atoms with Crippen molar-refractivity contribution in [3.05, 3.63) is 0 Å². The van der Waals surface area contributed by atoms with E-state index in [2.05, 4.69) is 12.2 Å². The van der Waals surface area contributed by atoms with Crippen LogP contribution in [0, 0.1) is 5.92 Å². The molecule has 0 aromatic rings. The van der Waals surface area contributed by atoms with E-state index in [4.69, 9.17) is 4.74 Å². The molecule has 0 saturated heterocycles. The number of hydrogen-bond acceptors (Lipinski definition) is 3. The third-order valence-electron chi connectivity index (χ3n) is 3.67. The highest BCUT2D eigenvalue weighted by Crippen LogP contribution is 2.42. The molecule has 1 atom stereocenters. The third kappa shape index (κ3) is 3.19. The second kappa shape index (κ2) is 5.36. The summed E-state index contributed by atoms with van der Waals surface area (Å²) in [5.41, 5.74) is -0.811. The normalized spacial score (nSPS) is 23.4. The van der Waals surface area contributed by atoms with E-state index < -0.39 is 11.5 Å². The molecule has 2 saturated carbocycles. The Morgan fingerprint density at radius 1 is 1.41 bits per heavy atom. The Hall–Kier alpha value is -0.610. The van der Waals surface area contributed by atoms with Crippen LogP contribution in [-0.4, -0.2) is 35.9 Å². The Kier molecular flexibility index (Phi) is 4.05. The van der Waals surface area contributed by atoms with Gasteiger partial charge in [0, 0.05) is 12.6 Å². The molecular weight excluding hydrogens is 218 g/mol. The number of carboxylic acid groups (broad SMARTS) is 1. The van der Waals surface area contributed by atoms with Crippen LogP contribution in [0.2, 0.25) is 0 Å². The third-order valence-corrected chi connectivity index (χ3v) is 3.67. The van der Waals surface area contributed by atoms with Gasteiger partial charge < -0.3 is 9.84 Å². The molecule has 0 aromatic carbocycles. The van der Waals surface area contributed by atoms with Gasteiger partial charge in [-0.15, -0.1) is 0 Å². The average Bonchev–Trinajstić information content (AvgIpc) is 3.15. The maximum absolute atomic E-state index is 11.6. The number of carbonyl (C=O) groups is 1. The quantitative estimate of drug-likeness (QED) is 0.604. The Morgan fingerprint density at radius 3 is 2.59 bits per heavy atom. The first-order valence-corrected chi connectivity index (χ1v) is 6.78. The van der Waals surface area contributed by atoms with E-state index in [0.29, 0.717) is 19.3 Å². The standard InChI is InChI=1S/C13H23NO3/c1-2-3-8-17-9-13(12(15)16,10-4-5-10)14-11-6-7-11/h10-11,14H,2-9H2,1H3,(H,15,16). The highest BCUT2D eigenvalue weighted by molar-refractivity contribution is 5.80. The maximum atomic E-state index is 11.6. The van der Waals surface area contributed by atoms with Crippen LogP contribution in [0.4, 0.5) is 0 Å². The zero-order chi connectivity index (χ0) is 12.3. The fourth-order valence-electron chi connectivity index (χ4n) is 2.22. The number of ether oxygens (including phenoxy) is 1. The summed E-state index contributed by atoms with van der Waals surface area (Å²) in [5, 5.41) is 12.8. The molecule has 2 N–H and O–H groups in total. The lowest BCUT2D eigenvalue weighted by molar-refractivity contribution is -0.149.